The number of sulfonamides is 1. The van der Waals surface area contributed by atoms with Gasteiger partial charge in [0.2, 0.25) is 15.9 Å². The summed E-state index contributed by atoms with van der Waals surface area (Å²) in [4.78, 5) is 14.1. The molecule has 1 aliphatic carbocycles. The van der Waals surface area contributed by atoms with E-state index < -0.39 is 25.8 Å². The monoisotopic (exact) mass is 414 g/mol. The van der Waals surface area contributed by atoms with Gasteiger partial charge in [0.05, 0.1) is 22.9 Å². The van der Waals surface area contributed by atoms with Gasteiger partial charge in [0.1, 0.15) is 0 Å². The number of sulfone groups is 1. The van der Waals surface area contributed by atoms with Crippen LogP contribution in [0.5, 0.6) is 0 Å². The maximum atomic E-state index is 12.6. The standard InChI is InChI=1S/C18H26N2O5S2/c1-2-20(16-9-10-26(22,23)13-16)18(21)12-19-27(24,25)17-8-7-14-5-3-4-6-15(14)11-17/h7-8,11,16,19H,2-6,9-10,12-13H2,1H3/t16-/m1/s1. The van der Waals surface area contributed by atoms with Crippen molar-refractivity contribution in [3.05, 3.63) is 29.3 Å². The van der Waals surface area contributed by atoms with Crippen molar-refractivity contribution < 1.29 is 21.6 Å². The topological polar surface area (TPSA) is 101 Å². The summed E-state index contributed by atoms with van der Waals surface area (Å²) in [6, 6.07) is 4.76. The van der Waals surface area contributed by atoms with Crippen molar-refractivity contribution in [3.63, 3.8) is 0 Å². The summed E-state index contributed by atoms with van der Waals surface area (Å²) in [5, 5.41) is 0. The predicted octanol–water partition coefficient (Wildman–Crippen LogP) is 0.879. The molecule has 1 N–H and O–H groups in total. The number of carbonyl (C=O) groups is 1. The van der Waals surface area contributed by atoms with Gasteiger partial charge in [-0.05, 0) is 62.3 Å². The second-order valence-corrected chi connectivity index (χ2v) is 11.2. The molecule has 1 heterocycles. The van der Waals surface area contributed by atoms with E-state index >= 15 is 0 Å². The molecule has 0 bridgehead atoms. The second kappa shape index (κ2) is 7.89. The number of rotatable bonds is 6. The molecule has 1 saturated heterocycles. The first-order valence-corrected chi connectivity index (χ1v) is 12.6. The van der Waals surface area contributed by atoms with Crippen molar-refractivity contribution in [3.8, 4) is 0 Å². The second-order valence-electron chi connectivity index (χ2n) is 7.20. The van der Waals surface area contributed by atoms with Gasteiger partial charge >= 0.3 is 0 Å². The van der Waals surface area contributed by atoms with Crippen LogP contribution in [-0.4, -0.2) is 58.3 Å². The van der Waals surface area contributed by atoms with Crippen LogP contribution < -0.4 is 4.72 Å². The van der Waals surface area contributed by atoms with Gasteiger partial charge < -0.3 is 4.90 Å². The number of aryl methyl sites for hydroxylation is 2. The average Bonchev–Trinajstić information content (AvgIpc) is 2.99. The predicted molar refractivity (Wildman–Crippen MR) is 103 cm³/mol. The summed E-state index contributed by atoms with van der Waals surface area (Å²) in [5.41, 5.74) is 2.25. The van der Waals surface area contributed by atoms with E-state index in [4.69, 9.17) is 0 Å². The van der Waals surface area contributed by atoms with Crippen LogP contribution in [0.2, 0.25) is 0 Å². The molecule has 0 saturated carbocycles. The number of hydrogen-bond acceptors (Lipinski definition) is 5. The van der Waals surface area contributed by atoms with Crippen LogP contribution in [0.1, 0.15) is 37.3 Å². The van der Waals surface area contributed by atoms with E-state index in [-0.39, 0.29) is 29.0 Å². The van der Waals surface area contributed by atoms with Gasteiger partial charge in [-0.25, -0.2) is 21.6 Å². The first-order valence-electron chi connectivity index (χ1n) is 9.33. The Labute approximate surface area is 161 Å². The third-order valence-electron chi connectivity index (χ3n) is 5.35. The number of fused-ring (bicyclic) bond motifs is 1. The molecule has 2 aliphatic rings. The Morgan fingerprint density at radius 2 is 1.93 bits per heavy atom. The Hall–Kier alpha value is -1.45. The first-order chi connectivity index (χ1) is 12.7. The molecule has 7 nitrogen and oxygen atoms in total. The largest absolute Gasteiger partial charge is 0.338 e. The molecule has 1 aromatic rings. The lowest BCUT2D eigenvalue weighted by Crippen LogP contribution is -2.46. The molecule has 0 aromatic heterocycles. The lowest BCUT2D eigenvalue weighted by atomic mass is 9.92. The molecule has 3 rings (SSSR count). The molecule has 27 heavy (non-hydrogen) atoms. The summed E-state index contributed by atoms with van der Waals surface area (Å²) < 4.78 is 50.8. The highest BCUT2D eigenvalue weighted by Crippen LogP contribution is 2.24. The zero-order chi connectivity index (χ0) is 19.7. The summed E-state index contributed by atoms with van der Waals surface area (Å²) in [6.07, 6.45) is 4.42. The number of benzene rings is 1. The van der Waals surface area contributed by atoms with Crippen LogP contribution in [0.4, 0.5) is 0 Å². The van der Waals surface area contributed by atoms with Crippen LogP contribution in [-0.2, 0) is 37.5 Å². The van der Waals surface area contributed by atoms with Gasteiger partial charge in [0.25, 0.3) is 0 Å². The Kier molecular flexibility index (Phi) is 5.93. The molecule has 1 fully saturated rings. The molecule has 1 aliphatic heterocycles. The third kappa shape index (κ3) is 4.70. The quantitative estimate of drug-likeness (QED) is 0.745. The number of likely N-dealkylation sites (N-methyl/N-ethyl adjacent to an activating group) is 1. The maximum Gasteiger partial charge on any atom is 0.241 e. The van der Waals surface area contributed by atoms with Crippen LogP contribution in [0.25, 0.3) is 0 Å². The zero-order valence-corrected chi connectivity index (χ0v) is 17.1. The molecular formula is C18H26N2O5S2. The van der Waals surface area contributed by atoms with E-state index in [0.29, 0.717) is 13.0 Å². The van der Waals surface area contributed by atoms with Crippen molar-refractivity contribution in [2.24, 2.45) is 0 Å². The fraction of sp³-hybridized carbons (Fsp3) is 0.611. The van der Waals surface area contributed by atoms with E-state index in [0.717, 1.165) is 31.2 Å². The highest BCUT2D eigenvalue weighted by molar-refractivity contribution is 7.91. The van der Waals surface area contributed by atoms with Crippen molar-refractivity contribution in [2.45, 2.75) is 50.0 Å². The molecule has 0 spiro atoms. The fourth-order valence-corrected chi connectivity index (χ4v) is 6.63. The van der Waals surface area contributed by atoms with Crippen LogP contribution >= 0.6 is 0 Å². The Morgan fingerprint density at radius 3 is 2.56 bits per heavy atom. The highest BCUT2D eigenvalue weighted by atomic mass is 32.2. The summed E-state index contributed by atoms with van der Waals surface area (Å²) in [5.74, 6) is -0.381. The molecule has 1 aromatic carbocycles. The molecule has 1 amide bonds. The average molecular weight is 415 g/mol. The van der Waals surface area contributed by atoms with Crippen molar-refractivity contribution in [2.75, 3.05) is 24.6 Å². The van der Waals surface area contributed by atoms with Gasteiger partial charge in [-0.3, -0.25) is 4.79 Å². The van der Waals surface area contributed by atoms with Gasteiger partial charge in [0, 0.05) is 12.6 Å². The summed E-state index contributed by atoms with van der Waals surface area (Å²) in [7, 11) is -6.90. The van der Waals surface area contributed by atoms with E-state index in [2.05, 4.69) is 4.72 Å². The van der Waals surface area contributed by atoms with Crippen molar-refractivity contribution in [1.29, 1.82) is 0 Å². The first kappa shape index (κ1) is 20.3. The minimum Gasteiger partial charge on any atom is -0.338 e. The highest BCUT2D eigenvalue weighted by Gasteiger charge is 2.34. The van der Waals surface area contributed by atoms with E-state index in [1.165, 1.54) is 10.5 Å². The van der Waals surface area contributed by atoms with Crippen LogP contribution in [0.15, 0.2) is 23.1 Å². The van der Waals surface area contributed by atoms with Gasteiger partial charge in [-0.1, -0.05) is 6.07 Å². The number of hydrogen-bond donors (Lipinski definition) is 1. The van der Waals surface area contributed by atoms with Gasteiger partial charge in [-0.2, -0.15) is 0 Å². The minimum atomic E-state index is -3.79. The smallest absolute Gasteiger partial charge is 0.241 e. The van der Waals surface area contributed by atoms with E-state index in [9.17, 15) is 21.6 Å². The molecular weight excluding hydrogens is 388 g/mol. The van der Waals surface area contributed by atoms with E-state index in [1.807, 2.05) is 6.07 Å². The molecule has 150 valence electrons. The normalized spacial score (nSPS) is 21.6. The van der Waals surface area contributed by atoms with E-state index in [1.54, 1.807) is 19.1 Å². The van der Waals surface area contributed by atoms with Crippen molar-refractivity contribution >= 4 is 25.8 Å². The summed E-state index contributed by atoms with van der Waals surface area (Å²) >= 11 is 0. The minimum absolute atomic E-state index is 0.0514. The number of carbonyl (C=O) groups excluding carboxylic acids is 1. The number of nitrogens with one attached hydrogen (secondary N) is 1. The fourth-order valence-electron chi connectivity index (χ4n) is 3.88. The van der Waals surface area contributed by atoms with Crippen LogP contribution in [0.3, 0.4) is 0 Å². The lowest BCUT2D eigenvalue weighted by Gasteiger charge is -2.27. The van der Waals surface area contributed by atoms with Crippen molar-refractivity contribution in [1.82, 2.24) is 9.62 Å². The Balaban J connectivity index is 1.66. The molecule has 9 heteroatoms. The molecule has 0 radical (unpaired) electrons. The van der Waals surface area contributed by atoms with Gasteiger partial charge in [0.15, 0.2) is 9.84 Å². The SMILES string of the molecule is CCN(C(=O)CNS(=O)(=O)c1ccc2c(c1)CCCC2)[C@@H]1CCS(=O)(=O)C1. The Morgan fingerprint density at radius 1 is 1.22 bits per heavy atom. The third-order valence-corrected chi connectivity index (χ3v) is 8.50. The molecule has 1 atom stereocenters. The number of amides is 1. The maximum absolute atomic E-state index is 12.6. The molecule has 0 unspecified atom stereocenters. The zero-order valence-electron chi connectivity index (χ0n) is 15.5. The number of nitrogens with zero attached hydrogens (tertiary/aromatic N) is 1. The Bertz CT molecular complexity index is 925. The van der Waals surface area contributed by atoms with Gasteiger partial charge in [-0.15, -0.1) is 0 Å². The lowest BCUT2D eigenvalue weighted by molar-refractivity contribution is -0.131. The van der Waals surface area contributed by atoms with Crippen LogP contribution in [0, 0.1) is 0 Å². The summed E-state index contributed by atoms with van der Waals surface area (Å²) in [6.45, 7) is 1.74.